The molecule has 1 aromatic heterocycles. The lowest BCUT2D eigenvalue weighted by molar-refractivity contribution is -0.126. The van der Waals surface area contributed by atoms with Crippen LogP contribution in [0.3, 0.4) is 0 Å². The van der Waals surface area contributed by atoms with E-state index >= 15 is 0 Å². The first-order chi connectivity index (χ1) is 13.8. The Morgan fingerprint density at radius 3 is 2.66 bits per heavy atom. The van der Waals surface area contributed by atoms with Crippen molar-refractivity contribution in [3.05, 3.63) is 51.2 Å². The number of carbonyl (C=O) groups is 2. The van der Waals surface area contributed by atoms with Gasteiger partial charge in [-0.25, -0.2) is 9.37 Å². The highest BCUT2D eigenvalue weighted by Gasteiger charge is 2.29. The molecule has 1 fully saturated rings. The van der Waals surface area contributed by atoms with Gasteiger partial charge < -0.3 is 10.6 Å². The largest absolute Gasteiger partial charge is 0.354 e. The summed E-state index contributed by atoms with van der Waals surface area (Å²) in [7, 11) is 0. The van der Waals surface area contributed by atoms with Gasteiger partial charge >= 0.3 is 0 Å². The van der Waals surface area contributed by atoms with Crippen LogP contribution in [0.1, 0.15) is 65.5 Å². The number of carbonyl (C=O) groups excluding carboxylic acids is 2. The number of rotatable bonds is 6. The summed E-state index contributed by atoms with van der Waals surface area (Å²) in [5, 5.41) is 6.91. The Bertz CT molecular complexity index is 863. The van der Waals surface area contributed by atoms with E-state index in [1.165, 1.54) is 23.5 Å². The quantitative estimate of drug-likeness (QED) is 0.746. The minimum Gasteiger partial charge on any atom is -0.354 e. The number of thiazole rings is 1. The smallest absolute Gasteiger partial charge is 0.263 e. The van der Waals surface area contributed by atoms with E-state index in [1.54, 1.807) is 12.1 Å². The van der Waals surface area contributed by atoms with Crippen molar-refractivity contribution in [2.45, 2.75) is 65.0 Å². The number of amides is 2. The first kappa shape index (κ1) is 21.4. The van der Waals surface area contributed by atoms with Gasteiger partial charge in [-0.1, -0.05) is 18.6 Å². The Balaban J connectivity index is 1.61. The average molecular weight is 418 g/mol. The zero-order chi connectivity index (χ0) is 21.0. The van der Waals surface area contributed by atoms with Crippen LogP contribution >= 0.6 is 11.3 Å². The molecule has 3 rings (SSSR count). The number of aromatic nitrogens is 1. The monoisotopic (exact) mass is 417 g/mol. The third kappa shape index (κ3) is 5.85. The molecule has 2 atom stereocenters. The van der Waals surface area contributed by atoms with Crippen molar-refractivity contribution in [2.24, 2.45) is 5.92 Å². The van der Waals surface area contributed by atoms with E-state index < -0.39 is 0 Å². The van der Waals surface area contributed by atoms with Crippen molar-refractivity contribution in [2.75, 3.05) is 0 Å². The van der Waals surface area contributed by atoms with Crippen molar-refractivity contribution < 1.29 is 14.0 Å². The van der Waals surface area contributed by atoms with Crippen molar-refractivity contribution in [3.63, 3.8) is 0 Å². The molecule has 7 heteroatoms. The number of benzene rings is 1. The fourth-order valence-corrected chi connectivity index (χ4v) is 4.73. The molecular formula is C22H28FN3O2S. The first-order valence-electron chi connectivity index (χ1n) is 10.1. The molecule has 0 aliphatic heterocycles. The average Bonchev–Trinajstić information content (AvgIpc) is 3.03. The predicted octanol–water partition coefficient (Wildman–Crippen LogP) is 3.99. The van der Waals surface area contributed by atoms with Crippen LogP contribution in [0.4, 0.5) is 4.39 Å². The van der Waals surface area contributed by atoms with Crippen LogP contribution < -0.4 is 10.6 Å². The molecule has 1 saturated carbocycles. The Morgan fingerprint density at radius 2 is 1.97 bits per heavy atom. The SMILES string of the molecule is Cc1nc(Cc2ccc(F)cc2)sc1C(=O)NC1CCCC(C(=O)NC(C)C)C1. The number of nitrogens with zero attached hydrogens (tertiary/aromatic N) is 1. The molecule has 2 aromatic rings. The van der Waals surface area contributed by atoms with Crippen molar-refractivity contribution in [1.29, 1.82) is 0 Å². The molecule has 5 nitrogen and oxygen atoms in total. The molecule has 0 radical (unpaired) electrons. The Labute approximate surface area is 175 Å². The van der Waals surface area contributed by atoms with Crippen molar-refractivity contribution in [3.8, 4) is 0 Å². The molecule has 2 N–H and O–H groups in total. The third-order valence-electron chi connectivity index (χ3n) is 5.13. The molecule has 0 bridgehead atoms. The van der Waals surface area contributed by atoms with Crippen molar-refractivity contribution >= 4 is 23.2 Å². The second kappa shape index (κ2) is 9.48. The maximum Gasteiger partial charge on any atom is 0.263 e. The molecule has 0 saturated heterocycles. The highest BCUT2D eigenvalue weighted by molar-refractivity contribution is 7.13. The number of hydrogen-bond acceptors (Lipinski definition) is 4. The highest BCUT2D eigenvalue weighted by atomic mass is 32.1. The van der Waals surface area contributed by atoms with Gasteiger partial charge in [0.25, 0.3) is 5.91 Å². The summed E-state index contributed by atoms with van der Waals surface area (Å²) in [5.74, 6) is -0.361. The Morgan fingerprint density at radius 1 is 1.24 bits per heavy atom. The minimum atomic E-state index is -0.267. The standard InChI is InChI=1S/C22H28FN3O2S/c1-13(2)24-21(27)16-5-4-6-18(12-16)26-22(28)20-14(3)25-19(29-20)11-15-7-9-17(23)10-8-15/h7-10,13,16,18H,4-6,11-12H2,1-3H3,(H,24,27)(H,26,28). The highest BCUT2D eigenvalue weighted by Crippen LogP contribution is 2.26. The Kier molecular flexibility index (Phi) is 7.00. The van der Waals surface area contributed by atoms with Gasteiger partial charge in [-0.15, -0.1) is 11.3 Å². The zero-order valence-electron chi connectivity index (χ0n) is 17.1. The molecular weight excluding hydrogens is 389 g/mol. The number of halogens is 1. The van der Waals surface area contributed by atoms with Gasteiger partial charge in [0.05, 0.1) is 10.7 Å². The molecule has 2 unspecified atom stereocenters. The normalized spacial score (nSPS) is 19.2. The predicted molar refractivity (Wildman–Crippen MR) is 113 cm³/mol. The van der Waals surface area contributed by atoms with Crippen LogP contribution in [0, 0.1) is 18.7 Å². The molecule has 1 aliphatic carbocycles. The van der Waals surface area contributed by atoms with Gasteiger partial charge in [-0.05, 0) is 57.7 Å². The lowest BCUT2D eigenvalue weighted by atomic mass is 9.85. The topological polar surface area (TPSA) is 71.1 Å². The van der Waals surface area contributed by atoms with Gasteiger partial charge in [0.15, 0.2) is 0 Å². The van der Waals surface area contributed by atoms with Crippen LogP contribution in [-0.4, -0.2) is 28.9 Å². The van der Waals surface area contributed by atoms with Crippen LogP contribution in [0.2, 0.25) is 0 Å². The van der Waals surface area contributed by atoms with Gasteiger partial charge in [0, 0.05) is 24.4 Å². The molecule has 1 aliphatic rings. The lowest BCUT2D eigenvalue weighted by Gasteiger charge is -2.29. The van der Waals surface area contributed by atoms with Crippen LogP contribution in [0.15, 0.2) is 24.3 Å². The summed E-state index contributed by atoms with van der Waals surface area (Å²) < 4.78 is 13.1. The number of aryl methyl sites for hydroxylation is 1. The van der Waals surface area contributed by atoms with Crippen LogP contribution in [0.25, 0.3) is 0 Å². The summed E-state index contributed by atoms with van der Waals surface area (Å²) >= 11 is 1.37. The van der Waals surface area contributed by atoms with Gasteiger partial charge in [0.2, 0.25) is 5.91 Å². The summed E-state index contributed by atoms with van der Waals surface area (Å²) in [4.78, 5) is 30.2. The number of nitrogens with one attached hydrogen (secondary N) is 2. The summed E-state index contributed by atoms with van der Waals surface area (Å²) in [6, 6.07) is 6.45. The van der Waals surface area contributed by atoms with Gasteiger partial charge in [-0.3, -0.25) is 9.59 Å². The Hall–Kier alpha value is -2.28. The van der Waals surface area contributed by atoms with E-state index in [2.05, 4.69) is 15.6 Å². The van der Waals surface area contributed by atoms with E-state index in [0.717, 1.165) is 29.8 Å². The van der Waals surface area contributed by atoms with E-state index in [-0.39, 0.29) is 35.6 Å². The van der Waals surface area contributed by atoms with E-state index in [4.69, 9.17) is 0 Å². The van der Waals surface area contributed by atoms with Gasteiger partial charge in [0.1, 0.15) is 10.7 Å². The fraction of sp³-hybridized carbons (Fsp3) is 0.500. The molecule has 1 heterocycles. The zero-order valence-corrected chi connectivity index (χ0v) is 17.9. The number of hydrogen-bond donors (Lipinski definition) is 2. The second-order valence-electron chi connectivity index (χ2n) is 8.02. The molecule has 0 spiro atoms. The minimum absolute atomic E-state index is 0.00112. The third-order valence-corrected chi connectivity index (χ3v) is 6.28. The second-order valence-corrected chi connectivity index (χ2v) is 9.11. The molecule has 1 aromatic carbocycles. The fourth-order valence-electron chi connectivity index (χ4n) is 3.73. The van der Waals surface area contributed by atoms with E-state index in [1.807, 2.05) is 20.8 Å². The summed E-state index contributed by atoms with van der Waals surface area (Å²) in [6.45, 7) is 5.74. The van der Waals surface area contributed by atoms with Gasteiger partial charge in [-0.2, -0.15) is 0 Å². The molecule has 29 heavy (non-hydrogen) atoms. The van der Waals surface area contributed by atoms with Crippen LogP contribution in [0.5, 0.6) is 0 Å². The molecule has 2 amide bonds. The first-order valence-corrected chi connectivity index (χ1v) is 11.0. The van der Waals surface area contributed by atoms with Crippen LogP contribution in [-0.2, 0) is 11.2 Å². The summed E-state index contributed by atoms with van der Waals surface area (Å²) in [5.41, 5.74) is 1.66. The van der Waals surface area contributed by atoms with E-state index in [9.17, 15) is 14.0 Å². The maximum absolute atomic E-state index is 13.1. The maximum atomic E-state index is 13.1. The van der Waals surface area contributed by atoms with E-state index in [0.29, 0.717) is 23.4 Å². The summed E-state index contributed by atoms with van der Waals surface area (Å²) in [6.07, 6.45) is 3.92. The van der Waals surface area contributed by atoms with Crippen molar-refractivity contribution in [1.82, 2.24) is 15.6 Å². The molecule has 156 valence electrons. The lowest BCUT2D eigenvalue weighted by Crippen LogP contribution is -2.43.